The molecule has 0 spiro atoms. The van der Waals surface area contributed by atoms with E-state index in [1.165, 1.54) is 125 Å². The van der Waals surface area contributed by atoms with Crippen LogP contribution in [0.3, 0.4) is 0 Å². The summed E-state index contributed by atoms with van der Waals surface area (Å²) in [7, 11) is 0. The van der Waals surface area contributed by atoms with E-state index >= 15 is 0 Å². The number of benzene rings is 20. The molecule has 0 saturated carbocycles. The molecule has 22 rings (SSSR count). The molecule has 0 N–H and O–H groups in total. The summed E-state index contributed by atoms with van der Waals surface area (Å²) < 4.78 is 14.1. The first-order valence-corrected chi connectivity index (χ1v) is 36.6. The van der Waals surface area contributed by atoms with Crippen molar-refractivity contribution in [2.45, 2.75) is 0 Å². The van der Waals surface area contributed by atoms with E-state index in [1.807, 2.05) is 0 Å². The fourth-order valence-electron chi connectivity index (χ4n) is 17.9. The molecule has 22 aromatic rings. The molecule has 0 aliphatic heterocycles. The minimum absolute atomic E-state index is 0.853. The van der Waals surface area contributed by atoms with E-state index in [0.717, 1.165) is 105 Å². The maximum Gasteiger partial charge on any atom is 0.143 e. The van der Waals surface area contributed by atoms with Gasteiger partial charge >= 0.3 is 0 Å². The molecule has 20 aromatic carbocycles. The maximum absolute atomic E-state index is 7.08. The predicted octanol–water partition coefficient (Wildman–Crippen LogP) is 29.7. The van der Waals surface area contributed by atoms with Crippen LogP contribution in [-0.4, -0.2) is 0 Å². The highest BCUT2D eigenvalue weighted by Crippen LogP contribution is 2.54. The zero-order valence-electron chi connectivity index (χ0n) is 57.6. The average Bonchev–Trinajstić information content (AvgIpc) is 1.19. The van der Waals surface area contributed by atoms with Crippen LogP contribution in [0.1, 0.15) is 0 Å². The van der Waals surface area contributed by atoms with E-state index in [0.29, 0.717) is 0 Å². The SMILES string of the molecule is c1ccc(-c2c3ccccc3c(-c3cc(-c4cccc5cc(-c6ccc(-c7ccc8ccccc8c7)c(-c7c8ccccc8c(-c8ccc(-c9cccc%10ccccc9%10)c9oc%10ccccc%10c89)c8ccccc78)c6)ccc45)cc4oc5ccccc5c34)c3ccccc23)c(-c2ccc3ccccc3c2)c1. The zero-order chi connectivity index (χ0) is 69.5. The number of furan rings is 2. The second-order valence-corrected chi connectivity index (χ2v) is 28.3. The summed E-state index contributed by atoms with van der Waals surface area (Å²) in [6.45, 7) is 0. The van der Waals surface area contributed by atoms with E-state index in [1.54, 1.807) is 0 Å². The lowest BCUT2D eigenvalue weighted by atomic mass is 9.81. The van der Waals surface area contributed by atoms with Gasteiger partial charge in [-0.25, -0.2) is 0 Å². The molecule has 2 heterocycles. The van der Waals surface area contributed by atoms with Crippen LogP contribution in [0.15, 0.2) is 385 Å². The van der Waals surface area contributed by atoms with E-state index < -0.39 is 0 Å². The zero-order valence-corrected chi connectivity index (χ0v) is 57.6. The molecular formula is C104H62O2. The van der Waals surface area contributed by atoms with Gasteiger partial charge in [-0.3, -0.25) is 0 Å². The Labute approximate surface area is 611 Å². The van der Waals surface area contributed by atoms with Crippen molar-refractivity contribution in [1.29, 1.82) is 0 Å². The number of rotatable bonds is 9. The first-order chi connectivity index (χ1) is 52.6. The molecule has 0 atom stereocenters. The monoisotopic (exact) mass is 1340 g/mol. The maximum atomic E-state index is 7.08. The van der Waals surface area contributed by atoms with Crippen LogP contribution in [0, 0.1) is 0 Å². The van der Waals surface area contributed by atoms with Crippen molar-refractivity contribution < 1.29 is 8.83 Å². The van der Waals surface area contributed by atoms with Gasteiger partial charge in [0.25, 0.3) is 0 Å². The predicted molar refractivity (Wildman–Crippen MR) is 450 cm³/mol. The number of para-hydroxylation sites is 2. The van der Waals surface area contributed by atoms with Crippen LogP contribution < -0.4 is 0 Å². The van der Waals surface area contributed by atoms with Gasteiger partial charge in [0.05, 0.1) is 0 Å². The van der Waals surface area contributed by atoms with Crippen molar-refractivity contribution in [3.05, 3.63) is 376 Å². The fraction of sp³-hybridized carbons (Fsp3) is 0. The number of hydrogen-bond donors (Lipinski definition) is 0. The highest BCUT2D eigenvalue weighted by atomic mass is 16.3. The highest BCUT2D eigenvalue weighted by Gasteiger charge is 2.27. The van der Waals surface area contributed by atoms with Gasteiger partial charge in [-0.1, -0.05) is 322 Å². The normalized spacial score (nSPS) is 12.0. The smallest absolute Gasteiger partial charge is 0.143 e. The molecule has 0 saturated heterocycles. The van der Waals surface area contributed by atoms with Crippen molar-refractivity contribution in [2.24, 2.45) is 0 Å². The summed E-state index contributed by atoms with van der Waals surface area (Å²) in [5, 5.41) is 23.5. The Morgan fingerprint density at radius 1 is 0.142 bits per heavy atom. The van der Waals surface area contributed by atoms with Crippen molar-refractivity contribution in [3.8, 4) is 100 Å². The van der Waals surface area contributed by atoms with Gasteiger partial charge in [-0.15, -0.1) is 0 Å². The minimum atomic E-state index is 0.853. The Morgan fingerprint density at radius 3 is 1.12 bits per heavy atom. The minimum Gasteiger partial charge on any atom is -0.456 e. The van der Waals surface area contributed by atoms with Crippen LogP contribution in [-0.2, 0) is 0 Å². The first-order valence-electron chi connectivity index (χ1n) is 36.6. The lowest BCUT2D eigenvalue weighted by molar-refractivity contribution is 0.669. The number of fused-ring (bicyclic) bond motifs is 14. The van der Waals surface area contributed by atoms with E-state index in [-0.39, 0.29) is 0 Å². The average molecular weight is 1340 g/mol. The Hall–Kier alpha value is -13.9. The van der Waals surface area contributed by atoms with Gasteiger partial charge in [-0.2, -0.15) is 0 Å². The van der Waals surface area contributed by atoms with Crippen LogP contribution in [0.5, 0.6) is 0 Å². The molecule has 2 aromatic heterocycles. The Morgan fingerprint density at radius 2 is 0.509 bits per heavy atom. The third-order valence-electron chi connectivity index (χ3n) is 22.6. The summed E-state index contributed by atoms with van der Waals surface area (Å²) in [6.07, 6.45) is 0. The molecule has 0 amide bonds. The van der Waals surface area contributed by atoms with E-state index in [9.17, 15) is 0 Å². The quantitative estimate of drug-likeness (QED) is 0.135. The Kier molecular flexibility index (Phi) is 13.4. The van der Waals surface area contributed by atoms with Gasteiger partial charge in [-0.05, 0) is 235 Å². The molecule has 0 fully saturated rings. The summed E-state index contributed by atoms with van der Waals surface area (Å²) in [4.78, 5) is 0. The lowest BCUT2D eigenvalue weighted by Gasteiger charge is -2.21. The second kappa shape index (κ2) is 23.8. The van der Waals surface area contributed by atoms with Gasteiger partial charge in [0.15, 0.2) is 0 Å². The van der Waals surface area contributed by atoms with Gasteiger partial charge in [0.2, 0.25) is 0 Å². The second-order valence-electron chi connectivity index (χ2n) is 28.3. The third-order valence-corrected chi connectivity index (χ3v) is 22.6. The molecule has 0 radical (unpaired) electrons. The standard InChI is InChI=1S/C104H62O2/c1-3-26-66-57-71(49-47-63(66)23-1)75-31-7-8-32-80(75)98-81-33-9-15-39-87(81)101(88-40-16-10-34-82(88)98)94-61-73(62-97-102(94)90-41-17-19-45-95(90)105-97)76-43-22-29-70-59-68(51-53-77(70)76)69-52-54-78(72-50-48-64-24-2-4-27-67(64)58-72)93(60-69)100-85-37-13-11-35-83(85)99(84-36-12-14-38-86(84)100)92-56-55-89(79-44-21-28-65-25-5-6-30-74(65)79)104-103(92)91-42-18-20-46-96(91)106-104/h1-62H. The third kappa shape index (κ3) is 9.31. The molecular weight excluding hydrogens is 1280 g/mol. The molecule has 106 heavy (non-hydrogen) atoms. The molecule has 2 heteroatoms. The van der Waals surface area contributed by atoms with Crippen molar-refractivity contribution in [3.63, 3.8) is 0 Å². The van der Waals surface area contributed by atoms with E-state index in [4.69, 9.17) is 8.83 Å². The Bertz CT molecular complexity index is 7350. The molecule has 2 nitrogen and oxygen atoms in total. The summed E-state index contributed by atoms with van der Waals surface area (Å²) >= 11 is 0. The summed E-state index contributed by atoms with van der Waals surface area (Å²) in [5.74, 6) is 0. The Balaban J connectivity index is 0.725. The topological polar surface area (TPSA) is 26.3 Å². The molecule has 490 valence electrons. The van der Waals surface area contributed by atoms with Crippen molar-refractivity contribution >= 4 is 130 Å². The van der Waals surface area contributed by atoms with Crippen molar-refractivity contribution in [2.75, 3.05) is 0 Å². The van der Waals surface area contributed by atoms with Crippen LogP contribution in [0.4, 0.5) is 0 Å². The number of hydrogen-bond acceptors (Lipinski definition) is 2. The molecule has 0 unspecified atom stereocenters. The van der Waals surface area contributed by atoms with E-state index in [2.05, 4.69) is 376 Å². The van der Waals surface area contributed by atoms with Gasteiger partial charge < -0.3 is 8.83 Å². The van der Waals surface area contributed by atoms with Gasteiger partial charge in [0, 0.05) is 27.1 Å². The lowest BCUT2D eigenvalue weighted by Crippen LogP contribution is -1.94. The molecule has 0 bridgehead atoms. The van der Waals surface area contributed by atoms with Crippen LogP contribution in [0.2, 0.25) is 0 Å². The highest BCUT2D eigenvalue weighted by molar-refractivity contribution is 6.30. The fourth-order valence-corrected chi connectivity index (χ4v) is 17.9. The van der Waals surface area contributed by atoms with Gasteiger partial charge in [0.1, 0.15) is 22.3 Å². The van der Waals surface area contributed by atoms with Crippen LogP contribution >= 0.6 is 0 Å². The van der Waals surface area contributed by atoms with Crippen LogP contribution in [0.25, 0.3) is 230 Å². The molecule has 0 aliphatic rings. The molecule has 0 aliphatic carbocycles. The largest absolute Gasteiger partial charge is 0.456 e. The summed E-state index contributed by atoms with van der Waals surface area (Å²) in [5.41, 5.74) is 24.4. The summed E-state index contributed by atoms with van der Waals surface area (Å²) in [6, 6.07) is 139. The van der Waals surface area contributed by atoms with Crippen molar-refractivity contribution in [1.82, 2.24) is 0 Å². The first kappa shape index (κ1) is 59.7.